The highest BCUT2D eigenvalue weighted by Gasteiger charge is 2.21. The largest absolute Gasteiger partial charge is 0.496 e. The molecule has 2 aromatic carbocycles. The molecule has 1 fully saturated rings. The molecule has 0 N–H and O–H groups in total. The SMILES string of the molecule is COc1cccc(OC)c1/C=C/C(=O)N1CCN(Cc2ccc3c(c2)OCO3)CC1. The van der Waals surface area contributed by atoms with Crippen LogP contribution in [0.1, 0.15) is 11.1 Å². The molecule has 4 rings (SSSR count). The second kappa shape index (κ2) is 9.09. The first-order valence-corrected chi connectivity index (χ1v) is 9.97. The molecule has 0 atom stereocenters. The second-order valence-corrected chi connectivity index (χ2v) is 7.20. The van der Waals surface area contributed by atoms with Crippen LogP contribution in [-0.4, -0.2) is 62.9 Å². The van der Waals surface area contributed by atoms with Crippen molar-refractivity contribution in [3.8, 4) is 23.0 Å². The number of nitrogens with zero attached hydrogens (tertiary/aromatic N) is 2. The van der Waals surface area contributed by atoms with Gasteiger partial charge in [-0.05, 0) is 35.9 Å². The predicted octanol–water partition coefficient (Wildman–Crippen LogP) is 2.79. The number of fused-ring (bicyclic) bond motifs is 1. The van der Waals surface area contributed by atoms with Crippen LogP contribution in [0.3, 0.4) is 0 Å². The van der Waals surface area contributed by atoms with Crippen molar-refractivity contribution in [2.24, 2.45) is 0 Å². The zero-order valence-corrected chi connectivity index (χ0v) is 17.3. The van der Waals surface area contributed by atoms with E-state index >= 15 is 0 Å². The fourth-order valence-electron chi connectivity index (χ4n) is 3.73. The number of ether oxygens (including phenoxy) is 4. The van der Waals surface area contributed by atoms with Gasteiger partial charge >= 0.3 is 0 Å². The number of piperazine rings is 1. The van der Waals surface area contributed by atoms with Gasteiger partial charge in [0.2, 0.25) is 12.7 Å². The van der Waals surface area contributed by atoms with Gasteiger partial charge in [0.05, 0.1) is 19.8 Å². The zero-order chi connectivity index (χ0) is 20.9. The van der Waals surface area contributed by atoms with Gasteiger partial charge < -0.3 is 23.8 Å². The minimum absolute atomic E-state index is 0.00862. The van der Waals surface area contributed by atoms with Gasteiger partial charge in [0.15, 0.2) is 11.5 Å². The Morgan fingerprint density at radius 3 is 2.40 bits per heavy atom. The maximum atomic E-state index is 12.7. The van der Waals surface area contributed by atoms with Gasteiger partial charge in [-0.15, -0.1) is 0 Å². The van der Waals surface area contributed by atoms with Crippen molar-refractivity contribution in [2.75, 3.05) is 47.2 Å². The topological polar surface area (TPSA) is 60.5 Å². The van der Waals surface area contributed by atoms with E-state index in [2.05, 4.69) is 11.0 Å². The summed E-state index contributed by atoms with van der Waals surface area (Å²) in [6.45, 7) is 4.15. The van der Waals surface area contributed by atoms with Crippen molar-refractivity contribution in [1.29, 1.82) is 0 Å². The van der Waals surface area contributed by atoms with Gasteiger partial charge in [0, 0.05) is 38.8 Å². The lowest BCUT2D eigenvalue weighted by molar-refractivity contribution is -0.127. The maximum Gasteiger partial charge on any atom is 0.246 e. The van der Waals surface area contributed by atoms with Gasteiger partial charge in [0.25, 0.3) is 0 Å². The molecule has 2 heterocycles. The van der Waals surface area contributed by atoms with E-state index in [1.165, 1.54) is 5.56 Å². The molecule has 0 aromatic heterocycles. The van der Waals surface area contributed by atoms with Crippen LogP contribution in [0.5, 0.6) is 23.0 Å². The molecule has 2 aromatic rings. The molecule has 1 saturated heterocycles. The molecule has 2 aliphatic rings. The van der Waals surface area contributed by atoms with E-state index in [4.69, 9.17) is 18.9 Å². The van der Waals surface area contributed by atoms with Crippen molar-refractivity contribution >= 4 is 12.0 Å². The fourth-order valence-corrected chi connectivity index (χ4v) is 3.73. The lowest BCUT2D eigenvalue weighted by Gasteiger charge is -2.34. The summed E-state index contributed by atoms with van der Waals surface area (Å²) in [5.41, 5.74) is 1.94. The van der Waals surface area contributed by atoms with Crippen molar-refractivity contribution in [3.05, 3.63) is 53.6 Å². The summed E-state index contributed by atoms with van der Waals surface area (Å²) < 4.78 is 21.6. The highest BCUT2D eigenvalue weighted by atomic mass is 16.7. The molecule has 7 heteroatoms. The Morgan fingerprint density at radius 1 is 1.00 bits per heavy atom. The number of amides is 1. The molecule has 0 radical (unpaired) electrons. The summed E-state index contributed by atoms with van der Waals surface area (Å²) in [5.74, 6) is 2.94. The summed E-state index contributed by atoms with van der Waals surface area (Å²) in [4.78, 5) is 16.9. The minimum atomic E-state index is -0.00862. The summed E-state index contributed by atoms with van der Waals surface area (Å²) in [6.07, 6.45) is 3.35. The monoisotopic (exact) mass is 410 g/mol. The second-order valence-electron chi connectivity index (χ2n) is 7.20. The van der Waals surface area contributed by atoms with E-state index in [9.17, 15) is 4.79 Å². The van der Waals surface area contributed by atoms with Crippen LogP contribution in [0.25, 0.3) is 6.08 Å². The molecule has 0 spiro atoms. The normalized spacial score (nSPS) is 16.1. The molecule has 0 saturated carbocycles. The summed E-state index contributed by atoms with van der Waals surface area (Å²) in [7, 11) is 3.21. The third-order valence-corrected chi connectivity index (χ3v) is 5.39. The van der Waals surface area contributed by atoms with Gasteiger partial charge in [-0.3, -0.25) is 9.69 Å². The maximum absolute atomic E-state index is 12.7. The van der Waals surface area contributed by atoms with Crippen LogP contribution in [0.4, 0.5) is 0 Å². The first kappa shape index (κ1) is 20.1. The van der Waals surface area contributed by atoms with Crippen LogP contribution in [0.2, 0.25) is 0 Å². The number of hydrogen-bond acceptors (Lipinski definition) is 6. The van der Waals surface area contributed by atoms with Crippen LogP contribution >= 0.6 is 0 Å². The smallest absolute Gasteiger partial charge is 0.246 e. The first-order valence-electron chi connectivity index (χ1n) is 9.97. The van der Waals surface area contributed by atoms with E-state index in [-0.39, 0.29) is 12.7 Å². The summed E-state index contributed by atoms with van der Waals surface area (Å²) >= 11 is 0. The third-order valence-electron chi connectivity index (χ3n) is 5.39. The van der Waals surface area contributed by atoms with Gasteiger partial charge in [-0.1, -0.05) is 12.1 Å². The lowest BCUT2D eigenvalue weighted by Crippen LogP contribution is -2.47. The molecule has 0 aliphatic carbocycles. The lowest BCUT2D eigenvalue weighted by atomic mass is 10.1. The molecule has 30 heavy (non-hydrogen) atoms. The van der Waals surface area contributed by atoms with Crippen LogP contribution in [0.15, 0.2) is 42.5 Å². The zero-order valence-electron chi connectivity index (χ0n) is 17.3. The molecular weight excluding hydrogens is 384 g/mol. The van der Waals surface area contributed by atoms with Crippen LogP contribution in [0, 0.1) is 0 Å². The standard InChI is InChI=1S/C23H26N2O5/c1-27-19-4-3-5-20(28-2)18(19)7-9-23(26)25-12-10-24(11-13-25)15-17-6-8-21-22(14-17)30-16-29-21/h3-9,14H,10-13,15-16H2,1-2H3/b9-7+. The molecule has 2 aliphatic heterocycles. The van der Waals surface area contributed by atoms with Crippen molar-refractivity contribution in [2.45, 2.75) is 6.54 Å². The van der Waals surface area contributed by atoms with E-state index < -0.39 is 0 Å². The molecule has 0 bridgehead atoms. The van der Waals surface area contributed by atoms with E-state index in [0.29, 0.717) is 24.6 Å². The number of methoxy groups -OCH3 is 2. The highest BCUT2D eigenvalue weighted by molar-refractivity contribution is 5.92. The Morgan fingerprint density at radius 2 is 1.70 bits per heavy atom. The first-order chi connectivity index (χ1) is 14.7. The van der Waals surface area contributed by atoms with E-state index in [0.717, 1.165) is 36.7 Å². The number of hydrogen-bond donors (Lipinski definition) is 0. The Hall–Kier alpha value is -3.19. The average molecular weight is 410 g/mol. The third kappa shape index (κ3) is 4.36. The molecule has 0 unspecified atom stereocenters. The Kier molecular flexibility index (Phi) is 6.09. The summed E-state index contributed by atoms with van der Waals surface area (Å²) in [5, 5.41) is 0. The van der Waals surface area contributed by atoms with Crippen molar-refractivity contribution in [3.63, 3.8) is 0 Å². The quantitative estimate of drug-likeness (QED) is 0.683. The number of carbonyl (C=O) groups is 1. The van der Waals surface area contributed by atoms with E-state index in [1.807, 2.05) is 35.2 Å². The molecular formula is C23H26N2O5. The summed E-state index contributed by atoms with van der Waals surface area (Å²) in [6, 6.07) is 11.6. The predicted molar refractivity (Wildman–Crippen MR) is 113 cm³/mol. The van der Waals surface area contributed by atoms with Gasteiger partial charge in [0.1, 0.15) is 11.5 Å². The highest BCUT2D eigenvalue weighted by Crippen LogP contribution is 2.33. The molecule has 7 nitrogen and oxygen atoms in total. The van der Waals surface area contributed by atoms with Crippen LogP contribution < -0.4 is 18.9 Å². The Bertz CT molecular complexity index is 913. The number of rotatable bonds is 6. The van der Waals surface area contributed by atoms with Crippen molar-refractivity contribution < 1.29 is 23.7 Å². The van der Waals surface area contributed by atoms with Crippen LogP contribution in [-0.2, 0) is 11.3 Å². The molecule has 158 valence electrons. The Labute approximate surface area is 176 Å². The number of carbonyl (C=O) groups excluding carboxylic acids is 1. The minimum Gasteiger partial charge on any atom is -0.496 e. The number of benzene rings is 2. The van der Waals surface area contributed by atoms with Crippen molar-refractivity contribution in [1.82, 2.24) is 9.80 Å². The Balaban J connectivity index is 1.33. The van der Waals surface area contributed by atoms with Gasteiger partial charge in [-0.2, -0.15) is 0 Å². The van der Waals surface area contributed by atoms with E-state index in [1.54, 1.807) is 26.4 Å². The average Bonchev–Trinajstić information content (AvgIpc) is 3.25. The fraction of sp³-hybridized carbons (Fsp3) is 0.348. The van der Waals surface area contributed by atoms with Gasteiger partial charge in [-0.25, -0.2) is 0 Å². The molecule has 1 amide bonds.